The molecule has 1 rings (SSSR count). The number of aliphatic hydroxyl groups is 1. The van der Waals surface area contributed by atoms with Gasteiger partial charge in [0.05, 0.1) is 6.61 Å². The van der Waals surface area contributed by atoms with E-state index in [4.69, 9.17) is 14.6 Å². The quantitative estimate of drug-likeness (QED) is 0.324. The highest BCUT2D eigenvalue weighted by Gasteiger charge is 2.18. The van der Waals surface area contributed by atoms with E-state index >= 15 is 0 Å². The van der Waals surface area contributed by atoms with Crippen LogP contribution >= 0.6 is 11.8 Å². The van der Waals surface area contributed by atoms with E-state index in [1.807, 2.05) is 6.92 Å². The number of rotatable bonds is 14. The van der Waals surface area contributed by atoms with E-state index in [9.17, 15) is 19.5 Å². The molecule has 10 heteroatoms. The van der Waals surface area contributed by atoms with Gasteiger partial charge in [-0.3, -0.25) is 9.59 Å². The number of amides is 2. The second kappa shape index (κ2) is 13.8. The van der Waals surface area contributed by atoms with E-state index in [1.54, 1.807) is 24.3 Å². The van der Waals surface area contributed by atoms with Crippen LogP contribution in [0.15, 0.2) is 24.3 Å². The van der Waals surface area contributed by atoms with E-state index in [-0.39, 0.29) is 31.3 Å². The van der Waals surface area contributed by atoms with Crippen molar-refractivity contribution in [3.63, 3.8) is 0 Å². The monoisotopic (exact) mass is 428 g/mol. The molecule has 29 heavy (non-hydrogen) atoms. The number of carbonyl (C=O) groups is 3. The maximum Gasteiger partial charge on any atom is 0.327 e. The fraction of sp³-hybridized carbons (Fsp3) is 0.526. The second-order valence-electron chi connectivity index (χ2n) is 6.11. The van der Waals surface area contributed by atoms with Crippen molar-refractivity contribution in [1.29, 1.82) is 0 Å². The topological polar surface area (TPSA) is 134 Å². The first-order valence-electron chi connectivity index (χ1n) is 9.18. The zero-order chi connectivity index (χ0) is 21.6. The summed E-state index contributed by atoms with van der Waals surface area (Å²) >= 11 is 1.28. The van der Waals surface area contributed by atoms with Crippen LogP contribution in [0.2, 0.25) is 0 Å². The van der Waals surface area contributed by atoms with Crippen LogP contribution in [0, 0.1) is 0 Å². The Morgan fingerprint density at radius 1 is 1.17 bits per heavy atom. The highest BCUT2D eigenvalue weighted by Crippen LogP contribution is 2.16. The number of carboxylic acids is 1. The first kappa shape index (κ1) is 24.7. The Hall–Kier alpha value is -2.30. The molecule has 162 valence electrons. The lowest BCUT2D eigenvalue weighted by Gasteiger charge is -2.13. The summed E-state index contributed by atoms with van der Waals surface area (Å²) in [7, 11) is 0. The Morgan fingerprint density at radius 2 is 1.86 bits per heavy atom. The van der Waals surface area contributed by atoms with E-state index in [0.29, 0.717) is 23.8 Å². The molecule has 2 amide bonds. The molecule has 1 unspecified atom stereocenters. The molecular formula is C19H28N2O7S. The van der Waals surface area contributed by atoms with Gasteiger partial charge in [-0.05, 0) is 31.2 Å². The highest BCUT2D eigenvalue weighted by molar-refractivity contribution is 7.99. The van der Waals surface area contributed by atoms with Crippen LogP contribution in [0.1, 0.15) is 20.3 Å². The van der Waals surface area contributed by atoms with Crippen LogP contribution in [0.5, 0.6) is 5.75 Å². The number of carbonyl (C=O) groups excluding carboxylic acids is 2. The lowest BCUT2D eigenvalue weighted by molar-refractivity contribution is -0.140. The van der Waals surface area contributed by atoms with Crippen molar-refractivity contribution in [2.24, 2.45) is 0 Å². The minimum Gasteiger partial charge on any atom is -0.491 e. The van der Waals surface area contributed by atoms with Crippen molar-refractivity contribution in [3.8, 4) is 5.75 Å². The molecule has 0 fully saturated rings. The molecule has 1 aromatic rings. The molecule has 0 spiro atoms. The van der Waals surface area contributed by atoms with Crippen LogP contribution in [0.3, 0.4) is 0 Å². The number of aliphatic carboxylic acids is 1. The number of benzene rings is 1. The van der Waals surface area contributed by atoms with E-state index in [1.165, 1.54) is 18.7 Å². The van der Waals surface area contributed by atoms with E-state index < -0.39 is 24.0 Å². The summed E-state index contributed by atoms with van der Waals surface area (Å²) < 4.78 is 10.6. The summed E-state index contributed by atoms with van der Waals surface area (Å²) in [5.74, 6) is -0.550. The van der Waals surface area contributed by atoms with Crippen LogP contribution in [0.25, 0.3) is 0 Å². The number of ether oxygens (including phenoxy) is 2. The summed E-state index contributed by atoms with van der Waals surface area (Å²) in [6.07, 6.45) is -0.503. The Morgan fingerprint density at radius 3 is 2.45 bits per heavy atom. The van der Waals surface area contributed by atoms with Crippen LogP contribution in [0.4, 0.5) is 5.69 Å². The van der Waals surface area contributed by atoms with Gasteiger partial charge in [0, 0.05) is 37.1 Å². The largest absolute Gasteiger partial charge is 0.491 e. The molecule has 9 nitrogen and oxygen atoms in total. The predicted octanol–water partition coefficient (Wildman–Crippen LogP) is 1.11. The molecule has 0 radical (unpaired) electrons. The van der Waals surface area contributed by atoms with Crippen molar-refractivity contribution >= 4 is 35.2 Å². The molecule has 0 aliphatic heterocycles. The van der Waals surface area contributed by atoms with Crippen molar-refractivity contribution in [2.75, 3.05) is 36.6 Å². The van der Waals surface area contributed by atoms with E-state index in [0.717, 1.165) is 0 Å². The highest BCUT2D eigenvalue weighted by atomic mass is 32.2. The number of aliphatic hydroxyl groups excluding tert-OH is 1. The number of anilines is 1. The SMILES string of the molecule is CCOCC(O)COc1ccc(NC(=O)CCSC[C@H](NC(C)=O)C(=O)O)cc1. The van der Waals surface area contributed by atoms with Gasteiger partial charge in [0.15, 0.2) is 0 Å². The third kappa shape index (κ3) is 11.3. The third-order valence-electron chi connectivity index (χ3n) is 3.53. The molecular weight excluding hydrogens is 400 g/mol. The molecule has 0 aliphatic carbocycles. The Bertz CT molecular complexity index is 654. The van der Waals surface area contributed by atoms with Gasteiger partial charge in [-0.2, -0.15) is 11.8 Å². The lowest BCUT2D eigenvalue weighted by Crippen LogP contribution is -2.41. The van der Waals surface area contributed by atoms with Crippen molar-refractivity contribution in [1.82, 2.24) is 5.32 Å². The Kier molecular flexibility index (Phi) is 11.8. The number of nitrogens with one attached hydrogen (secondary N) is 2. The maximum absolute atomic E-state index is 12.0. The van der Waals surface area contributed by atoms with Gasteiger partial charge in [-0.1, -0.05) is 0 Å². The van der Waals surface area contributed by atoms with Gasteiger partial charge < -0.3 is 30.3 Å². The first-order valence-corrected chi connectivity index (χ1v) is 10.3. The summed E-state index contributed by atoms with van der Waals surface area (Å²) in [6, 6.07) is 5.77. The van der Waals surface area contributed by atoms with Gasteiger partial charge in [-0.25, -0.2) is 4.79 Å². The fourth-order valence-corrected chi connectivity index (χ4v) is 3.10. The molecule has 1 aromatic carbocycles. The van der Waals surface area contributed by atoms with Gasteiger partial charge in [0.25, 0.3) is 0 Å². The average molecular weight is 429 g/mol. The third-order valence-corrected chi connectivity index (χ3v) is 4.59. The van der Waals surface area contributed by atoms with Gasteiger partial charge >= 0.3 is 5.97 Å². The predicted molar refractivity (Wildman–Crippen MR) is 110 cm³/mol. The Labute approximate surface area is 174 Å². The van der Waals surface area contributed by atoms with E-state index in [2.05, 4.69) is 10.6 Å². The fourth-order valence-electron chi connectivity index (χ4n) is 2.14. The summed E-state index contributed by atoms with van der Waals surface area (Å²) in [4.78, 5) is 34.0. The van der Waals surface area contributed by atoms with Crippen LogP contribution < -0.4 is 15.4 Å². The summed E-state index contributed by atoms with van der Waals surface area (Å²) in [5, 5.41) is 23.8. The minimum absolute atomic E-state index is 0.110. The average Bonchev–Trinajstić information content (AvgIpc) is 2.67. The zero-order valence-electron chi connectivity index (χ0n) is 16.6. The molecule has 0 aromatic heterocycles. The molecule has 0 bridgehead atoms. The van der Waals surface area contributed by atoms with Crippen LogP contribution in [-0.4, -0.2) is 71.5 Å². The number of thioether (sulfide) groups is 1. The first-order chi connectivity index (χ1) is 13.8. The maximum atomic E-state index is 12.0. The van der Waals surface area contributed by atoms with Crippen molar-refractivity contribution < 1.29 is 34.1 Å². The molecule has 0 heterocycles. The summed E-state index contributed by atoms with van der Waals surface area (Å²) in [5.41, 5.74) is 0.601. The number of hydrogen-bond donors (Lipinski definition) is 4. The molecule has 0 saturated heterocycles. The summed E-state index contributed by atoms with van der Waals surface area (Å²) in [6.45, 7) is 3.95. The van der Waals surface area contributed by atoms with Gasteiger partial charge in [0.1, 0.15) is 24.5 Å². The number of carboxylic acid groups (broad SMARTS) is 1. The smallest absolute Gasteiger partial charge is 0.327 e. The number of hydrogen-bond acceptors (Lipinski definition) is 7. The molecule has 4 N–H and O–H groups in total. The standard InChI is InChI=1S/C19H28N2O7S/c1-3-27-10-15(23)11-28-16-6-4-14(5-7-16)21-18(24)8-9-29-12-17(19(25)26)20-13(2)22/h4-7,15,17,23H,3,8-12H2,1-2H3,(H,20,22)(H,21,24)(H,25,26)/t15?,17-/m0/s1. The normalized spacial score (nSPS) is 12.7. The zero-order valence-corrected chi connectivity index (χ0v) is 17.4. The minimum atomic E-state index is -1.11. The molecule has 2 atom stereocenters. The van der Waals surface area contributed by atoms with Crippen molar-refractivity contribution in [3.05, 3.63) is 24.3 Å². The lowest BCUT2D eigenvalue weighted by atomic mass is 10.3. The molecule has 0 saturated carbocycles. The van der Waals surface area contributed by atoms with Crippen molar-refractivity contribution in [2.45, 2.75) is 32.4 Å². The second-order valence-corrected chi connectivity index (χ2v) is 7.26. The Balaban J connectivity index is 2.30. The molecule has 0 aliphatic rings. The van der Waals surface area contributed by atoms with Crippen LogP contribution in [-0.2, 0) is 19.1 Å². The van der Waals surface area contributed by atoms with Gasteiger partial charge in [0.2, 0.25) is 11.8 Å². The van der Waals surface area contributed by atoms with Gasteiger partial charge in [-0.15, -0.1) is 0 Å².